The zero-order valence-corrected chi connectivity index (χ0v) is 9.25. The topological polar surface area (TPSA) is 83.1 Å². The zero-order valence-electron chi connectivity index (χ0n) is 9.25. The first-order chi connectivity index (χ1) is 8.93. The highest BCUT2D eigenvalue weighted by Crippen LogP contribution is 2.30. The van der Waals surface area contributed by atoms with E-state index in [1.165, 1.54) is 0 Å². The fourth-order valence-electron chi connectivity index (χ4n) is 2.18. The van der Waals surface area contributed by atoms with Gasteiger partial charge in [0, 0.05) is 11.1 Å². The maximum Gasteiger partial charge on any atom is 0.120 e. The van der Waals surface area contributed by atoms with Gasteiger partial charge in [0.15, 0.2) is 0 Å². The average Bonchev–Trinajstić information content (AvgIpc) is 3.06. The van der Waals surface area contributed by atoms with E-state index in [0.717, 1.165) is 33.2 Å². The Kier molecular flexibility index (Phi) is 1.74. The van der Waals surface area contributed by atoms with Gasteiger partial charge in [-0.2, -0.15) is 0 Å². The third-order valence-electron chi connectivity index (χ3n) is 3.00. The fraction of sp³-hybridized carbons (Fsp3) is 0. The molecule has 2 aromatic carbocycles. The quantitative estimate of drug-likeness (QED) is 0.528. The van der Waals surface area contributed by atoms with Crippen molar-refractivity contribution >= 4 is 22.1 Å². The molecular formula is C12H8N6. The third-order valence-corrected chi connectivity index (χ3v) is 3.00. The van der Waals surface area contributed by atoms with Crippen LogP contribution < -0.4 is 0 Å². The number of nitrogens with one attached hydrogen (secondary N) is 2. The van der Waals surface area contributed by atoms with Gasteiger partial charge in [-0.15, -0.1) is 10.2 Å². The molecule has 0 spiro atoms. The molecule has 0 atom stereocenters. The van der Waals surface area contributed by atoms with Gasteiger partial charge < -0.3 is 0 Å². The molecule has 0 fully saturated rings. The summed E-state index contributed by atoms with van der Waals surface area (Å²) in [6.07, 6.45) is 0. The minimum atomic E-state index is 0.841. The molecule has 0 radical (unpaired) electrons. The van der Waals surface area contributed by atoms with Crippen molar-refractivity contribution in [1.29, 1.82) is 0 Å². The Balaban J connectivity index is 2.13. The maximum absolute atomic E-state index is 4.12. The molecule has 0 amide bonds. The first-order valence-corrected chi connectivity index (χ1v) is 5.53. The molecule has 4 aromatic rings. The molecule has 6 heteroatoms. The summed E-state index contributed by atoms with van der Waals surface area (Å²) in [4.78, 5) is 0. The summed E-state index contributed by atoms with van der Waals surface area (Å²) >= 11 is 0. The van der Waals surface area contributed by atoms with E-state index < -0.39 is 0 Å². The van der Waals surface area contributed by atoms with Crippen LogP contribution in [0, 0.1) is 0 Å². The molecule has 0 aliphatic carbocycles. The molecule has 2 N–H and O–H groups in total. The molecule has 18 heavy (non-hydrogen) atoms. The van der Waals surface area contributed by atoms with Crippen LogP contribution >= 0.6 is 0 Å². The van der Waals surface area contributed by atoms with E-state index in [1.807, 2.05) is 36.4 Å². The summed E-state index contributed by atoms with van der Waals surface area (Å²) in [7, 11) is 0. The van der Waals surface area contributed by atoms with Crippen molar-refractivity contribution in [2.45, 2.75) is 0 Å². The monoisotopic (exact) mass is 236 g/mol. The summed E-state index contributed by atoms with van der Waals surface area (Å²) in [5, 5.41) is 21.7. The van der Waals surface area contributed by atoms with Crippen molar-refractivity contribution in [3.05, 3.63) is 36.4 Å². The van der Waals surface area contributed by atoms with Crippen molar-refractivity contribution in [3.63, 3.8) is 0 Å². The summed E-state index contributed by atoms with van der Waals surface area (Å²) in [6, 6.07) is 11.8. The second-order valence-corrected chi connectivity index (χ2v) is 4.03. The predicted octanol–water partition coefficient (Wildman–Crippen LogP) is 1.90. The lowest BCUT2D eigenvalue weighted by atomic mass is 10.0. The number of hydrogen-bond acceptors (Lipinski definition) is 4. The number of rotatable bonds is 1. The zero-order chi connectivity index (χ0) is 11.9. The molecule has 0 saturated heterocycles. The van der Waals surface area contributed by atoms with E-state index in [-0.39, 0.29) is 0 Å². The van der Waals surface area contributed by atoms with Gasteiger partial charge in [0.1, 0.15) is 11.0 Å². The molecular weight excluding hydrogens is 228 g/mol. The first-order valence-electron chi connectivity index (χ1n) is 5.53. The Hall–Kier alpha value is -2.76. The molecule has 2 heterocycles. The highest BCUT2D eigenvalue weighted by molar-refractivity contribution is 6.00. The standard InChI is InChI=1S/C12H8N6/c1-3-7(11-9(5-1)13-17-15-11)8-4-2-6-10-12(8)16-18-14-10/h1-6H,(H,13,15,17)(H,14,16,18). The number of nitrogens with zero attached hydrogens (tertiary/aromatic N) is 4. The van der Waals surface area contributed by atoms with E-state index in [2.05, 4.69) is 30.8 Å². The summed E-state index contributed by atoms with van der Waals surface area (Å²) in [5.41, 5.74) is 5.50. The number of hydrogen-bond donors (Lipinski definition) is 2. The number of benzene rings is 2. The van der Waals surface area contributed by atoms with Crippen LogP contribution in [0.1, 0.15) is 0 Å². The van der Waals surface area contributed by atoms with E-state index >= 15 is 0 Å². The molecule has 0 aliphatic heterocycles. The summed E-state index contributed by atoms with van der Waals surface area (Å²) < 4.78 is 0. The number of fused-ring (bicyclic) bond motifs is 2. The van der Waals surface area contributed by atoms with Crippen molar-refractivity contribution in [2.75, 3.05) is 0 Å². The maximum atomic E-state index is 4.12. The number of aromatic nitrogens is 6. The van der Waals surface area contributed by atoms with Crippen LogP contribution in [0.5, 0.6) is 0 Å². The van der Waals surface area contributed by atoms with Gasteiger partial charge in [-0.25, -0.2) is 0 Å². The van der Waals surface area contributed by atoms with Crippen LogP contribution in [0.2, 0.25) is 0 Å². The van der Waals surface area contributed by atoms with Crippen LogP contribution in [0.4, 0.5) is 0 Å². The minimum absolute atomic E-state index is 0.841. The number of H-pyrrole nitrogens is 2. The molecule has 0 bridgehead atoms. The summed E-state index contributed by atoms with van der Waals surface area (Å²) in [5.74, 6) is 0. The molecule has 6 nitrogen and oxygen atoms in total. The Bertz CT molecular complexity index is 772. The Morgan fingerprint density at radius 2 is 1.17 bits per heavy atom. The van der Waals surface area contributed by atoms with Crippen molar-refractivity contribution in [3.8, 4) is 11.1 Å². The lowest BCUT2D eigenvalue weighted by Crippen LogP contribution is -1.83. The second kappa shape index (κ2) is 3.36. The molecule has 0 aliphatic rings. The normalized spacial score (nSPS) is 11.3. The van der Waals surface area contributed by atoms with Gasteiger partial charge in [-0.05, 0) is 12.1 Å². The molecule has 0 saturated carbocycles. The van der Waals surface area contributed by atoms with Gasteiger partial charge in [0.2, 0.25) is 0 Å². The first kappa shape index (κ1) is 9.29. The third kappa shape index (κ3) is 1.17. The van der Waals surface area contributed by atoms with Crippen molar-refractivity contribution in [1.82, 2.24) is 30.8 Å². The number of aromatic amines is 2. The highest BCUT2D eigenvalue weighted by atomic mass is 15.3. The highest BCUT2D eigenvalue weighted by Gasteiger charge is 2.11. The van der Waals surface area contributed by atoms with Crippen LogP contribution in [-0.4, -0.2) is 30.8 Å². The summed E-state index contributed by atoms with van der Waals surface area (Å²) in [6.45, 7) is 0. The smallest absolute Gasteiger partial charge is 0.120 e. The van der Waals surface area contributed by atoms with Crippen molar-refractivity contribution < 1.29 is 0 Å². The predicted molar refractivity (Wildman–Crippen MR) is 66.8 cm³/mol. The van der Waals surface area contributed by atoms with E-state index in [9.17, 15) is 0 Å². The van der Waals surface area contributed by atoms with Crippen LogP contribution in [-0.2, 0) is 0 Å². The van der Waals surface area contributed by atoms with E-state index in [0.29, 0.717) is 0 Å². The van der Waals surface area contributed by atoms with Gasteiger partial charge in [-0.1, -0.05) is 34.7 Å². The molecule has 86 valence electrons. The minimum Gasteiger partial charge on any atom is -0.258 e. The average molecular weight is 236 g/mol. The Morgan fingerprint density at radius 1 is 0.667 bits per heavy atom. The Labute approximate surface area is 101 Å². The van der Waals surface area contributed by atoms with Crippen LogP contribution in [0.3, 0.4) is 0 Å². The fourth-order valence-corrected chi connectivity index (χ4v) is 2.18. The lowest BCUT2D eigenvalue weighted by Gasteiger charge is -2.02. The van der Waals surface area contributed by atoms with Gasteiger partial charge in [0.05, 0.1) is 11.0 Å². The lowest BCUT2D eigenvalue weighted by molar-refractivity contribution is 0.958. The van der Waals surface area contributed by atoms with Crippen LogP contribution in [0.15, 0.2) is 36.4 Å². The van der Waals surface area contributed by atoms with Crippen molar-refractivity contribution in [2.24, 2.45) is 0 Å². The van der Waals surface area contributed by atoms with Crippen LogP contribution in [0.25, 0.3) is 33.2 Å². The second-order valence-electron chi connectivity index (χ2n) is 4.03. The van der Waals surface area contributed by atoms with E-state index in [4.69, 9.17) is 0 Å². The van der Waals surface area contributed by atoms with Gasteiger partial charge in [-0.3, -0.25) is 10.2 Å². The Morgan fingerprint density at radius 3 is 1.67 bits per heavy atom. The molecule has 0 unspecified atom stereocenters. The molecule has 4 rings (SSSR count). The van der Waals surface area contributed by atoms with Gasteiger partial charge >= 0.3 is 0 Å². The van der Waals surface area contributed by atoms with E-state index in [1.54, 1.807) is 0 Å². The van der Waals surface area contributed by atoms with Gasteiger partial charge in [0.25, 0.3) is 0 Å². The molecule has 2 aromatic heterocycles. The largest absolute Gasteiger partial charge is 0.258 e. The SMILES string of the molecule is c1cc(-c2cccc3[nH]nnc23)c2nn[nH]c2c1.